The van der Waals surface area contributed by atoms with Crippen molar-refractivity contribution < 1.29 is 32.5 Å². The number of hydrogen-bond acceptors (Lipinski definition) is 5. The topological polar surface area (TPSA) is 62.2 Å². The minimum absolute atomic E-state index is 0.0938. The summed E-state index contributed by atoms with van der Waals surface area (Å²) in [5.41, 5.74) is 0.473. The number of halogens is 3. The molecule has 9 heteroatoms. The number of ether oxygens (including phenoxy) is 2. The molecule has 1 amide bonds. The van der Waals surface area contributed by atoms with Crippen LogP contribution in [-0.2, 0) is 20.7 Å². The monoisotopic (exact) mass is 530 g/mol. The van der Waals surface area contributed by atoms with Gasteiger partial charge in [-0.25, -0.2) is 4.39 Å². The highest BCUT2D eigenvalue weighted by Gasteiger charge is 2.43. The number of methoxy groups -OCH3 is 2. The molecule has 1 aliphatic carbocycles. The lowest BCUT2D eigenvalue weighted by Gasteiger charge is -2.44. The minimum atomic E-state index is -3.07. The molecule has 0 bridgehead atoms. The van der Waals surface area contributed by atoms with Crippen LogP contribution in [-0.4, -0.2) is 93.5 Å². The van der Waals surface area contributed by atoms with Gasteiger partial charge < -0.3 is 24.4 Å². The Morgan fingerprint density at radius 3 is 2.41 bits per heavy atom. The SMILES string of the molecule is COCC(C)(COC)CN(CCCN(C)CCC1(O)CCc2cc(F)ccc2C1C(C)C)C(=O)C(F)F. The average Bonchev–Trinajstić information content (AvgIpc) is 2.81. The van der Waals surface area contributed by atoms with Crippen LogP contribution >= 0.6 is 0 Å². The Morgan fingerprint density at radius 1 is 1.19 bits per heavy atom. The molecule has 0 aromatic heterocycles. The van der Waals surface area contributed by atoms with Gasteiger partial charge in [0.25, 0.3) is 5.91 Å². The van der Waals surface area contributed by atoms with Crippen LogP contribution in [0.3, 0.4) is 0 Å². The average molecular weight is 531 g/mol. The van der Waals surface area contributed by atoms with Crippen LogP contribution < -0.4 is 0 Å². The van der Waals surface area contributed by atoms with Crippen LogP contribution in [0.5, 0.6) is 0 Å². The van der Waals surface area contributed by atoms with Crippen LogP contribution in [0.25, 0.3) is 0 Å². The van der Waals surface area contributed by atoms with Gasteiger partial charge in [-0.1, -0.05) is 26.8 Å². The van der Waals surface area contributed by atoms with Gasteiger partial charge in [0, 0.05) is 45.2 Å². The highest BCUT2D eigenvalue weighted by atomic mass is 19.3. The van der Waals surface area contributed by atoms with Crippen molar-refractivity contribution in [1.82, 2.24) is 9.80 Å². The molecule has 0 saturated carbocycles. The Labute approximate surface area is 220 Å². The zero-order valence-corrected chi connectivity index (χ0v) is 23.2. The summed E-state index contributed by atoms with van der Waals surface area (Å²) in [4.78, 5) is 15.5. The number of nitrogens with zero attached hydrogens (tertiary/aromatic N) is 2. The second-order valence-electron chi connectivity index (χ2n) is 11.3. The first kappa shape index (κ1) is 31.5. The lowest BCUT2D eigenvalue weighted by Crippen LogP contribution is -2.47. The maximum atomic E-state index is 13.8. The van der Waals surface area contributed by atoms with Crippen LogP contribution in [0.15, 0.2) is 18.2 Å². The standard InChI is InChI=1S/C28H45F3N2O4/c1-20(2)24-23-9-8-22(29)16-21(23)10-11-28(24,35)12-15-32(4)13-7-14-33(26(34)25(30)31)17-27(3,18-36-5)19-37-6/h8-9,16,20,24-25,35H,7,10-15,17-19H2,1-6H3. The quantitative estimate of drug-likeness (QED) is 0.366. The lowest BCUT2D eigenvalue weighted by atomic mass is 9.66. The van der Waals surface area contributed by atoms with E-state index in [1.807, 2.05) is 14.0 Å². The molecule has 2 rings (SSSR count). The van der Waals surface area contributed by atoms with Gasteiger partial charge in [0.05, 0.1) is 18.8 Å². The molecule has 2 unspecified atom stereocenters. The summed E-state index contributed by atoms with van der Waals surface area (Å²) in [5.74, 6) is -1.35. The third kappa shape index (κ3) is 8.67. The molecule has 212 valence electrons. The Kier molecular flexibility index (Phi) is 11.9. The summed E-state index contributed by atoms with van der Waals surface area (Å²) in [6, 6.07) is 4.84. The fraction of sp³-hybridized carbons (Fsp3) is 0.750. The maximum Gasteiger partial charge on any atom is 0.315 e. The fourth-order valence-electron chi connectivity index (χ4n) is 5.87. The Balaban J connectivity index is 1.98. The Hall–Kier alpha value is -1.68. The first-order chi connectivity index (χ1) is 17.4. The summed E-state index contributed by atoms with van der Waals surface area (Å²) in [6.45, 7) is 8.05. The van der Waals surface area contributed by atoms with Crippen molar-refractivity contribution in [2.24, 2.45) is 11.3 Å². The number of aliphatic hydroxyl groups is 1. The lowest BCUT2D eigenvalue weighted by molar-refractivity contribution is -0.145. The van der Waals surface area contributed by atoms with Crippen LogP contribution in [0, 0.1) is 17.2 Å². The summed E-state index contributed by atoms with van der Waals surface area (Å²) in [7, 11) is 4.99. The number of aryl methyl sites for hydroxylation is 1. The van der Waals surface area contributed by atoms with E-state index in [1.165, 1.54) is 25.2 Å². The molecule has 1 aromatic rings. The van der Waals surface area contributed by atoms with E-state index in [0.29, 0.717) is 38.8 Å². The minimum Gasteiger partial charge on any atom is -0.389 e. The molecule has 1 aromatic carbocycles. The fourth-order valence-corrected chi connectivity index (χ4v) is 5.87. The number of carbonyl (C=O) groups excluding carboxylic acids is 1. The molecule has 2 atom stereocenters. The Morgan fingerprint density at radius 2 is 1.84 bits per heavy atom. The van der Waals surface area contributed by atoms with E-state index in [4.69, 9.17) is 9.47 Å². The van der Waals surface area contributed by atoms with Crippen molar-refractivity contribution >= 4 is 5.91 Å². The van der Waals surface area contributed by atoms with Gasteiger partial charge in [-0.15, -0.1) is 0 Å². The predicted molar refractivity (Wildman–Crippen MR) is 138 cm³/mol. The number of fused-ring (bicyclic) bond motifs is 1. The molecular formula is C28H45F3N2O4. The predicted octanol–water partition coefficient (Wildman–Crippen LogP) is 4.35. The molecule has 0 heterocycles. The normalized spacial score (nSPS) is 20.1. The van der Waals surface area contributed by atoms with Crippen LogP contribution in [0.4, 0.5) is 13.2 Å². The molecule has 0 saturated heterocycles. The third-order valence-corrected chi connectivity index (χ3v) is 7.46. The molecule has 0 spiro atoms. The van der Waals surface area contributed by atoms with Crippen LogP contribution in [0.2, 0.25) is 0 Å². The molecule has 0 radical (unpaired) electrons. The molecule has 1 N–H and O–H groups in total. The van der Waals surface area contributed by atoms with Gasteiger partial charge in [0.15, 0.2) is 0 Å². The molecule has 37 heavy (non-hydrogen) atoms. The molecule has 0 fully saturated rings. The van der Waals surface area contributed by atoms with Crippen LogP contribution in [0.1, 0.15) is 57.1 Å². The van der Waals surface area contributed by atoms with E-state index in [0.717, 1.165) is 11.1 Å². The second kappa shape index (κ2) is 13.9. The number of hydrogen-bond donors (Lipinski definition) is 1. The first-order valence-electron chi connectivity index (χ1n) is 13.1. The number of alkyl halides is 2. The summed E-state index contributed by atoms with van der Waals surface area (Å²) >= 11 is 0. The number of rotatable bonds is 15. The second-order valence-corrected chi connectivity index (χ2v) is 11.3. The summed E-state index contributed by atoms with van der Waals surface area (Å²) in [6.07, 6.45) is -0.823. The van der Waals surface area contributed by atoms with Gasteiger partial charge >= 0.3 is 6.43 Å². The van der Waals surface area contributed by atoms with E-state index >= 15 is 0 Å². The van der Waals surface area contributed by atoms with Gasteiger partial charge in [0.2, 0.25) is 0 Å². The van der Waals surface area contributed by atoms with Crippen molar-refractivity contribution in [3.8, 4) is 0 Å². The van der Waals surface area contributed by atoms with E-state index in [-0.39, 0.29) is 44.0 Å². The molecule has 6 nitrogen and oxygen atoms in total. The smallest absolute Gasteiger partial charge is 0.315 e. The number of carbonyl (C=O) groups is 1. The summed E-state index contributed by atoms with van der Waals surface area (Å²) < 4.78 is 50.8. The van der Waals surface area contributed by atoms with Crippen molar-refractivity contribution in [2.45, 2.75) is 64.4 Å². The van der Waals surface area contributed by atoms with Crippen molar-refractivity contribution in [1.29, 1.82) is 0 Å². The van der Waals surface area contributed by atoms with E-state index in [2.05, 4.69) is 18.7 Å². The van der Waals surface area contributed by atoms with Gasteiger partial charge in [-0.3, -0.25) is 4.79 Å². The Bertz CT molecular complexity index is 864. The van der Waals surface area contributed by atoms with Crippen molar-refractivity contribution in [3.05, 3.63) is 35.1 Å². The zero-order chi connectivity index (χ0) is 27.8. The number of benzene rings is 1. The molecule has 1 aliphatic rings. The van der Waals surface area contributed by atoms with Gasteiger partial charge in [-0.2, -0.15) is 8.78 Å². The van der Waals surface area contributed by atoms with Crippen molar-refractivity contribution in [3.63, 3.8) is 0 Å². The largest absolute Gasteiger partial charge is 0.389 e. The van der Waals surface area contributed by atoms with Gasteiger partial charge in [0.1, 0.15) is 5.82 Å². The van der Waals surface area contributed by atoms with E-state index in [1.54, 1.807) is 12.1 Å². The highest BCUT2D eigenvalue weighted by Crippen LogP contribution is 2.45. The van der Waals surface area contributed by atoms with E-state index < -0.39 is 23.3 Å². The molecule has 0 aliphatic heterocycles. The van der Waals surface area contributed by atoms with E-state index in [9.17, 15) is 23.1 Å². The van der Waals surface area contributed by atoms with Crippen molar-refractivity contribution in [2.75, 3.05) is 60.7 Å². The van der Waals surface area contributed by atoms with Gasteiger partial charge in [-0.05, 0) is 68.5 Å². The third-order valence-electron chi connectivity index (χ3n) is 7.46. The zero-order valence-electron chi connectivity index (χ0n) is 23.2. The highest BCUT2D eigenvalue weighted by molar-refractivity contribution is 5.79. The summed E-state index contributed by atoms with van der Waals surface area (Å²) in [5, 5.41) is 11.7. The number of amides is 1. The molecular weight excluding hydrogens is 485 g/mol. The first-order valence-corrected chi connectivity index (χ1v) is 13.1. The maximum absolute atomic E-state index is 13.8.